The fraction of sp³-hybridized carbons (Fsp3) is 0.250. The number of hydrogen-bond donors (Lipinski definition) is 0. The Morgan fingerprint density at radius 1 is 1.17 bits per heavy atom. The predicted molar refractivity (Wildman–Crippen MR) is 84.6 cm³/mol. The van der Waals surface area contributed by atoms with Crippen molar-refractivity contribution in [1.29, 1.82) is 0 Å². The third-order valence-corrected chi connectivity index (χ3v) is 4.04. The van der Waals surface area contributed by atoms with E-state index in [1.807, 2.05) is 12.3 Å². The minimum atomic E-state index is 0.426. The topological polar surface area (TPSA) is 67.9 Å². The standard InChI is InChI=1S/C16H14ClN5O/c17-15-2-1-13(23-15)9-22-4-3-14-12(8-22)7-20-16(21-14)11-5-18-10-19-6-11/h1-2,5-7,10H,3-4,8-9H2. The predicted octanol–water partition coefficient (Wildman–Crippen LogP) is 2.74. The van der Waals surface area contributed by atoms with Crippen LogP contribution in [0.1, 0.15) is 17.0 Å². The summed E-state index contributed by atoms with van der Waals surface area (Å²) in [5.74, 6) is 1.55. The Morgan fingerprint density at radius 2 is 2.04 bits per heavy atom. The maximum Gasteiger partial charge on any atom is 0.193 e. The summed E-state index contributed by atoms with van der Waals surface area (Å²) in [5.41, 5.74) is 3.07. The van der Waals surface area contributed by atoms with Crippen LogP contribution in [0.2, 0.25) is 5.22 Å². The summed E-state index contributed by atoms with van der Waals surface area (Å²) in [5, 5.41) is 0.426. The summed E-state index contributed by atoms with van der Waals surface area (Å²) in [6.07, 6.45) is 7.73. The van der Waals surface area contributed by atoms with Gasteiger partial charge in [-0.25, -0.2) is 19.9 Å². The van der Waals surface area contributed by atoms with E-state index in [0.717, 1.165) is 48.6 Å². The first-order chi connectivity index (χ1) is 11.3. The lowest BCUT2D eigenvalue weighted by molar-refractivity contribution is 0.223. The highest BCUT2D eigenvalue weighted by molar-refractivity contribution is 6.28. The molecule has 3 aromatic rings. The van der Waals surface area contributed by atoms with E-state index in [2.05, 4.69) is 24.8 Å². The summed E-state index contributed by atoms with van der Waals surface area (Å²) in [6, 6.07) is 3.68. The zero-order chi connectivity index (χ0) is 15.6. The van der Waals surface area contributed by atoms with Crippen molar-refractivity contribution in [2.24, 2.45) is 0 Å². The van der Waals surface area contributed by atoms with Crippen molar-refractivity contribution in [2.45, 2.75) is 19.5 Å². The van der Waals surface area contributed by atoms with E-state index in [-0.39, 0.29) is 0 Å². The van der Waals surface area contributed by atoms with Crippen LogP contribution in [0, 0.1) is 0 Å². The molecule has 4 rings (SSSR count). The zero-order valence-corrected chi connectivity index (χ0v) is 13.1. The molecule has 4 heterocycles. The van der Waals surface area contributed by atoms with Gasteiger partial charge in [0.05, 0.1) is 17.8 Å². The first-order valence-corrected chi connectivity index (χ1v) is 7.72. The van der Waals surface area contributed by atoms with E-state index < -0.39 is 0 Å². The summed E-state index contributed by atoms with van der Waals surface area (Å²) >= 11 is 5.82. The number of rotatable bonds is 3. The fourth-order valence-corrected chi connectivity index (χ4v) is 2.88. The number of fused-ring (bicyclic) bond motifs is 1. The Bertz CT molecular complexity index is 820. The van der Waals surface area contributed by atoms with Gasteiger partial charge in [-0.1, -0.05) is 0 Å². The van der Waals surface area contributed by atoms with Gasteiger partial charge in [0.25, 0.3) is 0 Å². The Balaban J connectivity index is 1.52. The highest BCUT2D eigenvalue weighted by atomic mass is 35.5. The van der Waals surface area contributed by atoms with Crippen molar-refractivity contribution in [3.63, 3.8) is 0 Å². The first kappa shape index (κ1) is 14.3. The fourth-order valence-electron chi connectivity index (χ4n) is 2.72. The lowest BCUT2D eigenvalue weighted by atomic mass is 10.1. The maximum atomic E-state index is 5.82. The molecule has 0 amide bonds. The van der Waals surface area contributed by atoms with E-state index in [1.54, 1.807) is 18.5 Å². The Labute approximate surface area is 138 Å². The van der Waals surface area contributed by atoms with Crippen LogP contribution < -0.4 is 0 Å². The first-order valence-electron chi connectivity index (χ1n) is 7.35. The number of halogens is 1. The number of furan rings is 1. The quantitative estimate of drug-likeness (QED) is 0.737. The average molecular weight is 328 g/mol. The molecule has 0 bridgehead atoms. The molecule has 1 aliphatic heterocycles. The van der Waals surface area contributed by atoms with Crippen molar-refractivity contribution in [3.05, 3.63) is 59.3 Å². The molecule has 3 aromatic heterocycles. The smallest absolute Gasteiger partial charge is 0.193 e. The van der Waals surface area contributed by atoms with E-state index in [9.17, 15) is 0 Å². The van der Waals surface area contributed by atoms with Gasteiger partial charge in [0.2, 0.25) is 0 Å². The third-order valence-electron chi connectivity index (χ3n) is 3.84. The summed E-state index contributed by atoms with van der Waals surface area (Å²) in [7, 11) is 0. The molecule has 0 saturated carbocycles. The van der Waals surface area contributed by atoms with Crippen molar-refractivity contribution < 1.29 is 4.42 Å². The average Bonchev–Trinajstić information content (AvgIpc) is 3.00. The van der Waals surface area contributed by atoms with Crippen molar-refractivity contribution in [1.82, 2.24) is 24.8 Å². The van der Waals surface area contributed by atoms with Gasteiger partial charge in [-0.2, -0.15) is 0 Å². The second-order valence-corrected chi connectivity index (χ2v) is 5.83. The van der Waals surface area contributed by atoms with Crippen LogP contribution in [0.15, 0.2) is 41.5 Å². The molecule has 1 aliphatic rings. The van der Waals surface area contributed by atoms with Gasteiger partial charge in [0.1, 0.15) is 12.1 Å². The molecule has 6 nitrogen and oxygen atoms in total. The van der Waals surface area contributed by atoms with Gasteiger partial charge >= 0.3 is 0 Å². The number of hydrogen-bond acceptors (Lipinski definition) is 6. The highest BCUT2D eigenvalue weighted by Crippen LogP contribution is 2.22. The van der Waals surface area contributed by atoms with Gasteiger partial charge in [-0.05, 0) is 23.7 Å². The molecule has 0 radical (unpaired) electrons. The van der Waals surface area contributed by atoms with Gasteiger partial charge in [-0.15, -0.1) is 0 Å². The molecular formula is C16H14ClN5O. The van der Waals surface area contributed by atoms with Gasteiger partial charge in [0, 0.05) is 43.7 Å². The lowest BCUT2D eigenvalue weighted by Crippen LogP contribution is -2.30. The Kier molecular flexibility index (Phi) is 3.77. The van der Waals surface area contributed by atoms with Crippen LogP contribution in [0.5, 0.6) is 0 Å². The molecule has 7 heteroatoms. The molecule has 0 atom stereocenters. The number of nitrogens with zero attached hydrogens (tertiary/aromatic N) is 5. The number of aromatic nitrogens is 4. The van der Waals surface area contributed by atoms with Crippen LogP contribution in [-0.4, -0.2) is 31.4 Å². The zero-order valence-electron chi connectivity index (χ0n) is 12.3. The van der Waals surface area contributed by atoms with Gasteiger partial charge in [-0.3, -0.25) is 4.90 Å². The summed E-state index contributed by atoms with van der Waals surface area (Å²) < 4.78 is 5.43. The highest BCUT2D eigenvalue weighted by Gasteiger charge is 2.20. The molecule has 0 unspecified atom stereocenters. The second kappa shape index (κ2) is 6.06. The van der Waals surface area contributed by atoms with Crippen LogP contribution in [0.3, 0.4) is 0 Å². The minimum absolute atomic E-state index is 0.426. The molecule has 0 aromatic carbocycles. The molecule has 116 valence electrons. The van der Waals surface area contributed by atoms with E-state index in [0.29, 0.717) is 11.0 Å². The lowest BCUT2D eigenvalue weighted by Gasteiger charge is -2.27. The minimum Gasteiger partial charge on any atom is -0.448 e. The molecule has 0 spiro atoms. The van der Waals surface area contributed by atoms with E-state index in [4.69, 9.17) is 16.0 Å². The molecule has 0 saturated heterocycles. The van der Waals surface area contributed by atoms with Crippen LogP contribution >= 0.6 is 11.6 Å². The van der Waals surface area contributed by atoms with E-state index in [1.165, 1.54) is 6.33 Å². The van der Waals surface area contributed by atoms with Crippen molar-refractivity contribution in [3.8, 4) is 11.4 Å². The van der Waals surface area contributed by atoms with Crippen LogP contribution in [0.25, 0.3) is 11.4 Å². The van der Waals surface area contributed by atoms with Crippen molar-refractivity contribution in [2.75, 3.05) is 6.54 Å². The Morgan fingerprint density at radius 3 is 2.83 bits per heavy atom. The molecular weight excluding hydrogens is 314 g/mol. The monoisotopic (exact) mass is 327 g/mol. The molecule has 0 N–H and O–H groups in total. The Hall–Kier alpha value is -2.31. The second-order valence-electron chi connectivity index (χ2n) is 5.46. The van der Waals surface area contributed by atoms with Crippen LogP contribution in [-0.2, 0) is 19.5 Å². The van der Waals surface area contributed by atoms with Gasteiger partial charge < -0.3 is 4.42 Å². The van der Waals surface area contributed by atoms with Crippen LogP contribution in [0.4, 0.5) is 0 Å². The summed E-state index contributed by atoms with van der Waals surface area (Å²) in [4.78, 5) is 19.4. The molecule has 0 fully saturated rings. The summed E-state index contributed by atoms with van der Waals surface area (Å²) in [6.45, 7) is 2.47. The SMILES string of the molecule is Clc1ccc(CN2CCc3nc(-c4cncnc4)ncc3C2)o1. The third kappa shape index (κ3) is 3.09. The maximum absolute atomic E-state index is 5.82. The van der Waals surface area contributed by atoms with E-state index >= 15 is 0 Å². The largest absolute Gasteiger partial charge is 0.448 e. The molecule has 23 heavy (non-hydrogen) atoms. The van der Waals surface area contributed by atoms with Gasteiger partial charge in [0.15, 0.2) is 11.0 Å². The normalized spacial score (nSPS) is 14.7. The molecule has 0 aliphatic carbocycles. The van der Waals surface area contributed by atoms with Crippen molar-refractivity contribution >= 4 is 11.6 Å².